The Morgan fingerprint density at radius 1 is 1.65 bits per heavy atom. The molecule has 2 aromatic rings. The number of hydrogen-bond donors (Lipinski definition) is 1. The van der Waals surface area contributed by atoms with Crippen LogP contribution < -0.4 is 5.73 Å². The van der Waals surface area contributed by atoms with Gasteiger partial charge in [0.1, 0.15) is 13.2 Å². The molecule has 0 bridgehead atoms. The van der Waals surface area contributed by atoms with E-state index in [1.165, 1.54) is 22.2 Å². The molecule has 5 nitrogen and oxygen atoms in total. The zero-order chi connectivity index (χ0) is 12.3. The van der Waals surface area contributed by atoms with Crippen molar-refractivity contribution >= 4 is 38.9 Å². The first-order valence-corrected chi connectivity index (χ1v) is 6.48. The van der Waals surface area contributed by atoms with Gasteiger partial charge in [-0.25, -0.2) is 0 Å². The molecule has 90 valence electrons. The summed E-state index contributed by atoms with van der Waals surface area (Å²) in [5, 5.41) is 5.83. The fourth-order valence-corrected chi connectivity index (χ4v) is 2.60. The molecule has 2 N–H and O–H groups in total. The normalized spacial score (nSPS) is 10.4. The molecule has 0 spiro atoms. The number of esters is 1. The molecule has 0 aliphatic rings. The highest BCUT2D eigenvalue weighted by atomic mass is 79.9. The van der Waals surface area contributed by atoms with Crippen LogP contribution in [0.1, 0.15) is 4.88 Å². The fourth-order valence-electron chi connectivity index (χ4n) is 1.22. The molecule has 0 radical (unpaired) electrons. The Kier molecular flexibility index (Phi) is 3.80. The van der Waals surface area contributed by atoms with E-state index in [0.717, 1.165) is 9.35 Å². The SMILES string of the molecule is Nc1cnn(CC(=O)OCc2sccc2Br)c1. The molecule has 0 fully saturated rings. The zero-order valence-electron chi connectivity index (χ0n) is 8.80. The summed E-state index contributed by atoms with van der Waals surface area (Å²) in [5.41, 5.74) is 6.01. The van der Waals surface area contributed by atoms with Gasteiger partial charge in [-0.3, -0.25) is 9.48 Å². The molecule has 0 unspecified atom stereocenters. The maximum absolute atomic E-state index is 11.5. The van der Waals surface area contributed by atoms with Crippen LogP contribution in [0.5, 0.6) is 0 Å². The van der Waals surface area contributed by atoms with Gasteiger partial charge in [0.05, 0.1) is 16.8 Å². The van der Waals surface area contributed by atoms with Crippen molar-refractivity contribution in [2.45, 2.75) is 13.2 Å². The quantitative estimate of drug-likeness (QED) is 0.876. The summed E-state index contributed by atoms with van der Waals surface area (Å²) in [7, 11) is 0. The summed E-state index contributed by atoms with van der Waals surface area (Å²) in [6.45, 7) is 0.341. The van der Waals surface area contributed by atoms with Crippen LogP contribution >= 0.6 is 27.3 Å². The molecule has 7 heteroatoms. The van der Waals surface area contributed by atoms with Gasteiger partial charge in [0.2, 0.25) is 0 Å². The fraction of sp³-hybridized carbons (Fsp3) is 0.200. The average Bonchev–Trinajstić information content (AvgIpc) is 2.85. The average molecular weight is 316 g/mol. The van der Waals surface area contributed by atoms with Gasteiger partial charge in [-0.2, -0.15) is 5.10 Å². The molecule has 0 atom stereocenters. The first-order valence-electron chi connectivity index (χ1n) is 4.80. The molecule has 0 aliphatic carbocycles. The molecule has 17 heavy (non-hydrogen) atoms. The van der Waals surface area contributed by atoms with Crippen LogP contribution in [0.25, 0.3) is 0 Å². The smallest absolute Gasteiger partial charge is 0.328 e. The van der Waals surface area contributed by atoms with E-state index in [4.69, 9.17) is 10.5 Å². The van der Waals surface area contributed by atoms with E-state index in [9.17, 15) is 4.79 Å². The lowest BCUT2D eigenvalue weighted by molar-refractivity contribution is -0.145. The van der Waals surface area contributed by atoms with Gasteiger partial charge in [-0.1, -0.05) is 0 Å². The van der Waals surface area contributed by atoms with E-state index in [0.29, 0.717) is 5.69 Å². The van der Waals surface area contributed by atoms with Gasteiger partial charge < -0.3 is 10.5 Å². The number of nitrogens with zero attached hydrogens (tertiary/aromatic N) is 2. The van der Waals surface area contributed by atoms with Crippen molar-refractivity contribution in [2.75, 3.05) is 5.73 Å². The van der Waals surface area contributed by atoms with Gasteiger partial charge in [0.25, 0.3) is 0 Å². The molecule has 2 rings (SSSR count). The molecule has 0 aromatic carbocycles. The summed E-state index contributed by atoms with van der Waals surface area (Å²) in [6, 6.07) is 1.92. The van der Waals surface area contributed by atoms with Crippen LogP contribution in [-0.2, 0) is 22.7 Å². The number of rotatable bonds is 4. The van der Waals surface area contributed by atoms with Crippen LogP contribution in [0.2, 0.25) is 0 Å². The van der Waals surface area contributed by atoms with E-state index in [1.54, 1.807) is 6.20 Å². The molecule has 2 heterocycles. The molecule has 0 saturated carbocycles. The summed E-state index contributed by atoms with van der Waals surface area (Å²) < 4.78 is 7.52. The monoisotopic (exact) mass is 315 g/mol. The Labute approximate surface area is 110 Å². The topological polar surface area (TPSA) is 70.1 Å². The van der Waals surface area contributed by atoms with Gasteiger partial charge in [0.15, 0.2) is 0 Å². The second-order valence-electron chi connectivity index (χ2n) is 3.32. The highest BCUT2D eigenvalue weighted by Gasteiger charge is 2.08. The number of hydrogen-bond acceptors (Lipinski definition) is 5. The van der Waals surface area contributed by atoms with Gasteiger partial charge in [0, 0.05) is 10.7 Å². The third-order valence-electron chi connectivity index (χ3n) is 2.00. The molecule has 0 saturated heterocycles. The highest BCUT2D eigenvalue weighted by molar-refractivity contribution is 9.10. The van der Waals surface area contributed by atoms with E-state index >= 15 is 0 Å². The maximum Gasteiger partial charge on any atom is 0.328 e. The van der Waals surface area contributed by atoms with Crippen molar-refractivity contribution in [2.24, 2.45) is 0 Å². The number of carbonyl (C=O) groups excluding carboxylic acids is 1. The first-order chi connectivity index (χ1) is 8.15. The van der Waals surface area contributed by atoms with Crippen molar-refractivity contribution in [1.29, 1.82) is 0 Å². The minimum Gasteiger partial charge on any atom is -0.459 e. The standard InChI is InChI=1S/C10H10BrN3O2S/c11-8-1-2-17-9(8)6-16-10(15)5-14-4-7(12)3-13-14/h1-4H,5-6,12H2. The van der Waals surface area contributed by atoms with Crippen LogP contribution in [-0.4, -0.2) is 15.7 Å². The van der Waals surface area contributed by atoms with E-state index in [2.05, 4.69) is 21.0 Å². The lowest BCUT2D eigenvalue weighted by atomic mass is 10.5. The lowest BCUT2D eigenvalue weighted by Gasteiger charge is -2.03. The van der Waals surface area contributed by atoms with Crippen LogP contribution in [0.3, 0.4) is 0 Å². The van der Waals surface area contributed by atoms with Crippen LogP contribution in [0.15, 0.2) is 28.3 Å². The third-order valence-corrected chi connectivity index (χ3v) is 3.90. The molecular formula is C10H10BrN3O2S. The maximum atomic E-state index is 11.5. The predicted octanol–water partition coefficient (Wildman–Crippen LogP) is 2.03. The zero-order valence-corrected chi connectivity index (χ0v) is 11.2. The number of carbonyl (C=O) groups is 1. The van der Waals surface area contributed by atoms with Gasteiger partial charge in [-0.15, -0.1) is 11.3 Å². The number of halogens is 1. The summed E-state index contributed by atoms with van der Waals surface area (Å²) in [4.78, 5) is 12.5. The second-order valence-corrected chi connectivity index (χ2v) is 5.18. The summed E-state index contributed by atoms with van der Waals surface area (Å²) in [6.07, 6.45) is 3.07. The summed E-state index contributed by atoms with van der Waals surface area (Å²) >= 11 is 4.91. The van der Waals surface area contributed by atoms with Gasteiger partial charge >= 0.3 is 5.97 Å². The number of nitrogen functional groups attached to an aromatic ring is 1. The van der Waals surface area contributed by atoms with E-state index < -0.39 is 0 Å². The Morgan fingerprint density at radius 2 is 2.47 bits per heavy atom. The van der Waals surface area contributed by atoms with Crippen molar-refractivity contribution in [3.63, 3.8) is 0 Å². The Bertz CT molecular complexity index is 523. The molecule has 2 aromatic heterocycles. The van der Waals surface area contributed by atoms with E-state index in [-0.39, 0.29) is 19.1 Å². The van der Waals surface area contributed by atoms with Crippen LogP contribution in [0.4, 0.5) is 5.69 Å². The van der Waals surface area contributed by atoms with E-state index in [1.807, 2.05) is 11.4 Å². The number of anilines is 1. The highest BCUT2D eigenvalue weighted by Crippen LogP contribution is 2.23. The summed E-state index contributed by atoms with van der Waals surface area (Å²) in [5.74, 6) is -0.339. The van der Waals surface area contributed by atoms with Crippen molar-refractivity contribution in [3.05, 3.63) is 33.2 Å². The van der Waals surface area contributed by atoms with Crippen molar-refractivity contribution in [3.8, 4) is 0 Å². The number of nitrogens with two attached hydrogens (primary N) is 1. The Hall–Kier alpha value is -1.34. The number of thiophene rings is 1. The van der Waals surface area contributed by atoms with Crippen LogP contribution in [0, 0.1) is 0 Å². The number of aromatic nitrogens is 2. The molecular weight excluding hydrogens is 306 g/mol. The Balaban J connectivity index is 1.84. The molecule has 0 aliphatic heterocycles. The largest absolute Gasteiger partial charge is 0.459 e. The first kappa shape index (κ1) is 12.1. The third kappa shape index (κ3) is 3.31. The van der Waals surface area contributed by atoms with Gasteiger partial charge in [-0.05, 0) is 27.4 Å². The second kappa shape index (κ2) is 5.33. The Morgan fingerprint density at radius 3 is 3.06 bits per heavy atom. The predicted molar refractivity (Wildman–Crippen MR) is 68.5 cm³/mol. The van der Waals surface area contributed by atoms with Crippen molar-refractivity contribution < 1.29 is 9.53 Å². The minimum atomic E-state index is -0.339. The lowest BCUT2D eigenvalue weighted by Crippen LogP contribution is -2.13. The molecule has 0 amide bonds. The number of ether oxygens (including phenoxy) is 1. The van der Waals surface area contributed by atoms with Crippen molar-refractivity contribution in [1.82, 2.24) is 9.78 Å². The minimum absolute atomic E-state index is 0.0696.